The molecule has 5 aliphatic rings. The van der Waals surface area contributed by atoms with E-state index in [1.54, 1.807) is 71.9 Å². The van der Waals surface area contributed by atoms with Crippen LogP contribution in [0, 0.1) is 17.3 Å². The van der Waals surface area contributed by atoms with Crippen LogP contribution in [0.5, 0.6) is 0 Å². The molecule has 2 heterocycles. The lowest BCUT2D eigenvalue weighted by molar-refractivity contribution is -0.323. The van der Waals surface area contributed by atoms with Crippen molar-refractivity contribution in [2.75, 3.05) is 44.4 Å². The van der Waals surface area contributed by atoms with E-state index < -0.39 is 82.7 Å². The zero-order valence-corrected chi connectivity index (χ0v) is 35.3. The highest BCUT2D eigenvalue weighted by Crippen LogP contribution is 2.60. The summed E-state index contributed by atoms with van der Waals surface area (Å²) in [6.45, 7) is 19.2. The first kappa shape index (κ1) is 43.6. The number of hydrogen-bond donors (Lipinski definition) is 4. The third-order valence-electron chi connectivity index (χ3n) is 12.8. The number of ether oxygens (including phenoxy) is 5. The van der Waals surface area contributed by atoms with Crippen LogP contribution in [0.15, 0.2) is 53.8 Å². The number of thioether (sulfide) groups is 1. The van der Waals surface area contributed by atoms with Crippen molar-refractivity contribution in [3.05, 3.63) is 59.4 Å². The first-order valence-electron chi connectivity index (χ1n) is 20.3. The SMILES string of the molecule is C=C(CC)O[C@@]12CO[C@@H]1CCC1C(=O)[C@H](OCCN3CCSCC3)C3=C(C)[C@@H](OC(=O)[C@H](O)[C@@H](NC(=O)OC(C)(C)C)c4ccccc4)C[C@@](O)([C@@H](O)[C@@H]12)C3(C)C. The van der Waals surface area contributed by atoms with E-state index in [4.69, 9.17) is 23.7 Å². The summed E-state index contributed by atoms with van der Waals surface area (Å²) in [7, 11) is 0. The molecule has 13 nitrogen and oxygen atoms in total. The fraction of sp³-hybridized carbons (Fsp3) is 0.698. The number of carbonyl (C=O) groups is 3. The molecule has 1 aromatic rings. The molecule has 1 unspecified atom stereocenters. The molecule has 1 amide bonds. The Morgan fingerprint density at radius 1 is 1.14 bits per heavy atom. The third-order valence-corrected chi connectivity index (χ3v) is 13.8. The van der Waals surface area contributed by atoms with Crippen molar-refractivity contribution in [3.8, 4) is 0 Å². The minimum absolute atomic E-state index is 0.106. The summed E-state index contributed by atoms with van der Waals surface area (Å²) in [5.41, 5.74) is -3.87. The van der Waals surface area contributed by atoms with Gasteiger partial charge < -0.3 is 44.3 Å². The van der Waals surface area contributed by atoms with Gasteiger partial charge in [0.15, 0.2) is 17.5 Å². The van der Waals surface area contributed by atoms with E-state index in [0.29, 0.717) is 48.3 Å². The number of benzene rings is 1. The number of carbonyl (C=O) groups excluding carboxylic acids is 3. The highest BCUT2D eigenvalue weighted by Gasteiger charge is 2.71. The zero-order valence-electron chi connectivity index (χ0n) is 34.5. The number of amides is 1. The molecule has 2 saturated carbocycles. The average molecular weight is 815 g/mol. The van der Waals surface area contributed by atoms with E-state index in [1.165, 1.54) is 0 Å². The maximum atomic E-state index is 15.2. The zero-order chi connectivity index (χ0) is 41.5. The molecule has 1 aromatic carbocycles. The van der Waals surface area contributed by atoms with Crippen LogP contribution in [0.2, 0.25) is 0 Å². The Morgan fingerprint density at radius 2 is 1.82 bits per heavy atom. The van der Waals surface area contributed by atoms with Crippen molar-refractivity contribution < 1.29 is 53.4 Å². The lowest BCUT2D eigenvalue weighted by Crippen LogP contribution is -2.76. The fourth-order valence-electron chi connectivity index (χ4n) is 9.62. The largest absolute Gasteiger partial charge is 0.487 e. The van der Waals surface area contributed by atoms with Crippen LogP contribution in [-0.4, -0.2) is 130 Å². The Bertz CT molecular complexity index is 1690. The molecule has 3 aliphatic carbocycles. The van der Waals surface area contributed by atoms with Crippen LogP contribution in [0.1, 0.15) is 85.8 Å². The second-order valence-corrected chi connectivity index (χ2v) is 19.0. The number of aliphatic hydroxyl groups excluding tert-OH is 2. The van der Waals surface area contributed by atoms with Crippen molar-refractivity contribution >= 4 is 29.6 Å². The summed E-state index contributed by atoms with van der Waals surface area (Å²) in [4.78, 5) is 44.5. The van der Waals surface area contributed by atoms with E-state index in [-0.39, 0.29) is 25.4 Å². The summed E-state index contributed by atoms with van der Waals surface area (Å²) in [5.74, 6) is -0.439. The number of Topliss-reactive ketones (excluding diaryl/α,β-unsaturated/α-hetero) is 1. The molecule has 0 aromatic heterocycles. The minimum atomic E-state index is -1.98. The summed E-state index contributed by atoms with van der Waals surface area (Å²) >= 11 is 1.90. The summed E-state index contributed by atoms with van der Waals surface area (Å²) in [6.07, 6.45) is -5.86. The number of esters is 1. The fourth-order valence-corrected chi connectivity index (χ4v) is 10.6. The van der Waals surface area contributed by atoms with E-state index in [0.717, 1.165) is 24.6 Å². The molecule has 316 valence electrons. The van der Waals surface area contributed by atoms with Crippen LogP contribution >= 0.6 is 11.8 Å². The van der Waals surface area contributed by atoms with Gasteiger partial charge in [-0.25, -0.2) is 9.59 Å². The molecule has 4 fully saturated rings. The first-order chi connectivity index (χ1) is 26.8. The Labute approximate surface area is 340 Å². The highest BCUT2D eigenvalue weighted by atomic mass is 32.2. The molecular weight excluding hydrogens is 753 g/mol. The maximum Gasteiger partial charge on any atom is 0.408 e. The number of fused-ring (bicyclic) bond motifs is 5. The van der Waals surface area contributed by atoms with E-state index in [9.17, 15) is 24.9 Å². The molecule has 0 spiro atoms. The molecule has 2 bridgehead atoms. The lowest BCUT2D eigenvalue weighted by atomic mass is 9.49. The summed E-state index contributed by atoms with van der Waals surface area (Å²) in [6, 6.07) is 7.25. The van der Waals surface area contributed by atoms with Crippen molar-refractivity contribution in [2.45, 2.75) is 128 Å². The molecule has 14 heteroatoms. The van der Waals surface area contributed by atoms with Crippen LogP contribution in [0.25, 0.3) is 0 Å². The molecule has 57 heavy (non-hydrogen) atoms. The van der Waals surface area contributed by atoms with E-state index in [2.05, 4.69) is 16.8 Å². The van der Waals surface area contributed by atoms with Crippen molar-refractivity contribution in [1.29, 1.82) is 0 Å². The molecule has 10 atom stereocenters. The lowest BCUT2D eigenvalue weighted by Gasteiger charge is -2.64. The number of aliphatic hydroxyl groups is 3. The monoisotopic (exact) mass is 814 g/mol. The Kier molecular flexibility index (Phi) is 13.0. The second kappa shape index (κ2) is 16.9. The molecule has 6 rings (SSSR count). The van der Waals surface area contributed by atoms with Gasteiger partial charge >= 0.3 is 12.1 Å². The van der Waals surface area contributed by atoms with E-state index >= 15 is 4.79 Å². The normalized spacial score (nSPS) is 33.6. The molecule has 2 saturated heterocycles. The van der Waals surface area contributed by atoms with Gasteiger partial charge in [-0.05, 0) is 57.2 Å². The summed E-state index contributed by atoms with van der Waals surface area (Å²) in [5, 5.41) is 40.1. The topological polar surface area (TPSA) is 173 Å². The third kappa shape index (κ3) is 8.42. The Hall–Kier alpha value is -2.98. The number of ketones is 1. The molecule has 2 aliphatic heterocycles. The molecule has 4 N–H and O–H groups in total. The van der Waals surface area contributed by atoms with E-state index in [1.807, 2.05) is 18.7 Å². The van der Waals surface area contributed by atoms with Gasteiger partial charge in [0, 0.05) is 61.2 Å². The van der Waals surface area contributed by atoms with Gasteiger partial charge in [-0.1, -0.05) is 57.7 Å². The second-order valence-electron chi connectivity index (χ2n) is 17.8. The number of rotatable bonds is 12. The van der Waals surface area contributed by atoms with Crippen molar-refractivity contribution in [2.24, 2.45) is 17.3 Å². The average Bonchev–Trinajstić information content (AvgIpc) is 3.15. The molecule has 0 radical (unpaired) electrons. The Morgan fingerprint density at radius 3 is 2.44 bits per heavy atom. The van der Waals surface area contributed by atoms with Gasteiger partial charge in [0.2, 0.25) is 0 Å². The first-order valence-corrected chi connectivity index (χ1v) is 21.5. The smallest absolute Gasteiger partial charge is 0.408 e. The standard InChI is InChI=1S/C43H62N2O11S/c1-9-25(2)55-42-24-53-30(42)16-15-28-32(42)37(48)43(51)23-29(26(3)31(41(43,7)8)36(34(28)46)52-20-17-45-18-21-57-22-19-45)54-38(49)35(47)33(27-13-11-10-12-14-27)44-39(50)56-40(4,5)6/h10-14,28-30,32-33,35-37,47-48,51H,2,9,15-24H2,1,3-8H3,(H,44,50)/t28?,29-,30+,32+,33-,35+,36+,37-,42-,43+/m0/s1. The highest BCUT2D eigenvalue weighted by molar-refractivity contribution is 7.99. The predicted molar refractivity (Wildman–Crippen MR) is 214 cm³/mol. The van der Waals surface area contributed by atoms with Crippen LogP contribution in [-0.2, 0) is 33.3 Å². The van der Waals surface area contributed by atoms with Gasteiger partial charge in [-0.15, -0.1) is 0 Å². The number of hydrogen-bond acceptors (Lipinski definition) is 13. The van der Waals surface area contributed by atoms with Crippen molar-refractivity contribution in [3.63, 3.8) is 0 Å². The van der Waals surface area contributed by atoms with Gasteiger partial charge in [-0.2, -0.15) is 11.8 Å². The van der Waals surface area contributed by atoms with Crippen molar-refractivity contribution in [1.82, 2.24) is 10.2 Å². The maximum absolute atomic E-state index is 15.2. The van der Waals surface area contributed by atoms with Gasteiger partial charge in [0.25, 0.3) is 0 Å². The van der Waals surface area contributed by atoms with Gasteiger partial charge in [0.1, 0.15) is 29.5 Å². The quantitative estimate of drug-likeness (QED) is 0.132. The van der Waals surface area contributed by atoms with Crippen LogP contribution < -0.4 is 5.32 Å². The summed E-state index contributed by atoms with van der Waals surface area (Å²) < 4.78 is 30.8. The van der Waals surface area contributed by atoms with Gasteiger partial charge in [0.05, 0.1) is 31.1 Å². The minimum Gasteiger partial charge on any atom is -0.487 e. The number of nitrogens with one attached hydrogen (secondary N) is 1. The van der Waals surface area contributed by atoms with Gasteiger partial charge in [-0.3, -0.25) is 9.69 Å². The van der Waals surface area contributed by atoms with Crippen LogP contribution in [0.4, 0.5) is 4.79 Å². The Balaban J connectivity index is 1.39. The number of alkyl carbamates (subject to hydrolysis) is 1. The number of nitrogens with zero attached hydrogens (tertiary/aromatic N) is 1. The molecular formula is C43H62N2O11S. The predicted octanol–water partition coefficient (Wildman–Crippen LogP) is 4.48. The van der Waals surface area contributed by atoms with Crippen LogP contribution in [0.3, 0.4) is 0 Å². The number of allylic oxidation sites excluding steroid dienone is 1.